The van der Waals surface area contributed by atoms with Gasteiger partial charge >= 0.3 is 5.97 Å². The number of ether oxygens (including phenoxy) is 1. The van der Waals surface area contributed by atoms with Gasteiger partial charge in [-0.2, -0.15) is 0 Å². The Bertz CT molecular complexity index is 256. The van der Waals surface area contributed by atoms with Gasteiger partial charge in [0, 0.05) is 19.6 Å². The maximum atomic E-state index is 11.4. The second-order valence-corrected chi connectivity index (χ2v) is 4.78. The molecule has 19 heavy (non-hydrogen) atoms. The van der Waals surface area contributed by atoms with Crippen molar-refractivity contribution in [2.24, 2.45) is 5.92 Å². The lowest BCUT2D eigenvalue weighted by molar-refractivity contribution is -0.137. The molecule has 5 heteroatoms. The smallest absolute Gasteiger partial charge is 0.303 e. The second kappa shape index (κ2) is 12.0. The number of nitrogens with one attached hydrogen (secondary N) is 1. The van der Waals surface area contributed by atoms with E-state index in [1.165, 1.54) is 0 Å². The van der Waals surface area contributed by atoms with Crippen LogP contribution in [0.25, 0.3) is 0 Å². The summed E-state index contributed by atoms with van der Waals surface area (Å²) in [5.41, 5.74) is 0. The first-order valence-electron chi connectivity index (χ1n) is 7.16. The van der Waals surface area contributed by atoms with Crippen LogP contribution >= 0.6 is 0 Å². The third-order valence-corrected chi connectivity index (χ3v) is 2.92. The topological polar surface area (TPSA) is 75.6 Å². The molecule has 0 heterocycles. The van der Waals surface area contributed by atoms with Crippen LogP contribution in [-0.2, 0) is 14.3 Å². The average molecular weight is 273 g/mol. The summed E-state index contributed by atoms with van der Waals surface area (Å²) >= 11 is 0. The molecule has 0 aliphatic heterocycles. The van der Waals surface area contributed by atoms with E-state index in [2.05, 4.69) is 12.2 Å². The van der Waals surface area contributed by atoms with E-state index < -0.39 is 5.97 Å². The zero-order valence-electron chi connectivity index (χ0n) is 12.1. The Morgan fingerprint density at radius 2 is 1.89 bits per heavy atom. The summed E-state index contributed by atoms with van der Waals surface area (Å²) < 4.78 is 5.14. The molecule has 112 valence electrons. The van der Waals surface area contributed by atoms with Crippen molar-refractivity contribution >= 4 is 11.9 Å². The first kappa shape index (κ1) is 17.9. The highest BCUT2D eigenvalue weighted by atomic mass is 16.5. The van der Waals surface area contributed by atoms with E-state index in [9.17, 15) is 9.59 Å². The molecule has 0 rings (SSSR count). The maximum Gasteiger partial charge on any atom is 0.303 e. The molecule has 0 fully saturated rings. The molecule has 5 nitrogen and oxygen atoms in total. The molecule has 2 N–H and O–H groups in total. The van der Waals surface area contributed by atoms with Crippen LogP contribution in [0, 0.1) is 5.92 Å². The van der Waals surface area contributed by atoms with Crippen molar-refractivity contribution in [3.8, 4) is 0 Å². The van der Waals surface area contributed by atoms with Gasteiger partial charge in [-0.15, -0.1) is 0 Å². The molecule has 0 saturated carbocycles. The van der Waals surface area contributed by atoms with Gasteiger partial charge in [0.05, 0.1) is 0 Å². The summed E-state index contributed by atoms with van der Waals surface area (Å²) in [5.74, 6) is -0.474. The van der Waals surface area contributed by atoms with Crippen LogP contribution in [-0.4, -0.2) is 36.7 Å². The van der Waals surface area contributed by atoms with Crippen molar-refractivity contribution < 1.29 is 19.4 Å². The fourth-order valence-electron chi connectivity index (χ4n) is 1.94. The van der Waals surface area contributed by atoms with Crippen molar-refractivity contribution in [2.45, 2.75) is 52.4 Å². The first-order chi connectivity index (χ1) is 9.10. The van der Waals surface area contributed by atoms with E-state index in [1.54, 1.807) is 0 Å². The van der Waals surface area contributed by atoms with E-state index in [0.717, 1.165) is 25.7 Å². The SMILES string of the molecule is CCCOCC(=O)NCCC(CCC)CCC(=O)O. The van der Waals surface area contributed by atoms with Gasteiger partial charge in [-0.1, -0.05) is 26.7 Å². The molecule has 1 unspecified atom stereocenters. The van der Waals surface area contributed by atoms with Crippen molar-refractivity contribution in [1.82, 2.24) is 5.32 Å². The van der Waals surface area contributed by atoms with Crippen molar-refractivity contribution in [2.75, 3.05) is 19.8 Å². The summed E-state index contributed by atoms with van der Waals surface area (Å²) in [4.78, 5) is 21.9. The Morgan fingerprint density at radius 1 is 1.16 bits per heavy atom. The molecule has 0 aliphatic carbocycles. The van der Waals surface area contributed by atoms with Gasteiger partial charge < -0.3 is 15.2 Å². The third kappa shape index (κ3) is 11.7. The van der Waals surface area contributed by atoms with Gasteiger partial charge in [-0.05, 0) is 25.2 Å². The molecule has 0 bridgehead atoms. The number of rotatable bonds is 12. The van der Waals surface area contributed by atoms with Crippen molar-refractivity contribution in [3.05, 3.63) is 0 Å². The number of hydrogen-bond acceptors (Lipinski definition) is 3. The van der Waals surface area contributed by atoms with Crippen molar-refractivity contribution in [3.63, 3.8) is 0 Å². The molecule has 0 radical (unpaired) electrons. The van der Waals surface area contributed by atoms with E-state index in [1.807, 2.05) is 6.92 Å². The third-order valence-electron chi connectivity index (χ3n) is 2.92. The Hall–Kier alpha value is -1.10. The highest BCUT2D eigenvalue weighted by molar-refractivity contribution is 5.77. The summed E-state index contributed by atoms with van der Waals surface area (Å²) in [7, 11) is 0. The summed E-state index contributed by atoms with van der Waals surface area (Å²) in [6.45, 7) is 5.39. The molecule has 1 atom stereocenters. The van der Waals surface area contributed by atoms with E-state index >= 15 is 0 Å². The molecule has 0 aromatic carbocycles. The van der Waals surface area contributed by atoms with Gasteiger partial charge in [0.1, 0.15) is 6.61 Å². The molecule has 1 amide bonds. The van der Waals surface area contributed by atoms with Crippen LogP contribution in [0.2, 0.25) is 0 Å². The van der Waals surface area contributed by atoms with Gasteiger partial charge in [-0.3, -0.25) is 9.59 Å². The van der Waals surface area contributed by atoms with Gasteiger partial charge in [0.15, 0.2) is 0 Å². The minimum atomic E-state index is -0.752. The van der Waals surface area contributed by atoms with Crippen LogP contribution in [0.3, 0.4) is 0 Å². The van der Waals surface area contributed by atoms with Gasteiger partial charge in [0.25, 0.3) is 0 Å². The second-order valence-electron chi connectivity index (χ2n) is 4.78. The van der Waals surface area contributed by atoms with E-state index in [0.29, 0.717) is 25.5 Å². The maximum absolute atomic E-state index is 11.4. The Morgan fingerprint density at radius 3 is 2.47 bits per heavy atom. The minimum Gasteiger partial charge on any atom is -0.481 e. The molecule has 0 aliphatic rings. The lowest BCUT2D eigenvalue weighted by atomic mass is 9.94. The fourth-order valence-corrected chi connectivity index (χ4v) is 1.94. The number of carbonyl (C=O) groups excluding carboxylic acids is 1. The van der Waals surface area contributed by atoms with Gasteiger partial charge in [0.2, 0.25) is 5.91 Å². The number of hydrogen-bond donors (Lipinski definition) is 2. The zero-order valence-corrected chi connectivity index (χ0v) is 12.1. The lowest BCUT2D eigenvalue weighted by Gasteiger charge is -2.15. The highest BCUT2D eigenvalue weighted by Gasteiger charge is 2.10. The monoisotopic (exact) mass is 273 g/mol. The number of aliphatic carboxylic acids is 1. The number of carboxylic acids is 1. The molecule has 0 saturated heterocycles. The number of amides is 1. The predicted molar refractivity (Wildman–Crippen MR) is 74.0 cm³/mol. The van der Waals surface area contributed by atoms with Crippen LogP contribution in [0.4, 0.5) is 0 Å². The molecule has 0 spiro atoms. The largest absolute Gasteiger partial charge is 0.481 e. The van der Waals surface area contributed by atoms with Crippen LogP contribution in [0.5, 0.6) is 0 Å². The lowest BCUT2D eigenvalue weighted by Crippen LogP contribution is -2.29. The van der Waals surface area contributed by atoms with Crippen LogP contribution < -0.4 is 5.32 Å². The zero-order chi connectivity index (χ0) is 14.5. The van der Waals surface area contributed by atoms with Gasteiger partial charge in [-0.25, -0.2) is 0 Å². The average Bonchev–Trinajstić information content (AvgIpc) is 2.36. The number of carbonyl (C=O) groups is 2. The summed E-state index contributed by atoms with van der Waals surface area (Å²) in [5, 5.41) is 11.5. The summed E-state index contributed by atoms with van der Waals surface area (Å²) in [6, 6.07) is 0. The van der Waals surface area contributed by atoms with Crippen molar-refractivity contribution in [1.29, 1.82) is 0 Å². The molecular formula is C14H27NO4. The molecule has 0 aromatic heterocycles. The standard InChI is InChI=1S/C14H27NO4/c1-3-5-12(6-7-14(17)18)8-9-15-13(16)11-19-10-4-2/h12H,3-11H2,1-2H3,(H,15,16)(H,17,18). The minimum absolute atomic E-state index is 0.0954. The number of carboxylic acid groups (broad SMARTS) is 1. The Labute approximate surface area is 115 Å². The van der Waals surface area contributed by atoms with Crippen LogP contribution in [0.15, 0.2) is 0 Å². The Kier molecular flexibility index (Phi) is 11.3. The van der Waals surface area contributed by atoms with E-state index in [-0.39, 0.29) is 18.9 Å². The normalized spacial score (nSPS) is 12.1. The fraction of sp³-hybridized carbons (Fsp3) is 0.857. The quantitative estimate of drug-likeness (QED) is 0.534. The molecular weight excluding hydrogens is 246 g/mol. The highest BCUT2D eigenvalue weighted by Crippen LogP contribution is 2.17. The summed E-state index contributed by atoms with van der Waals surface area (Å²) in [6.07, 6.45) is 4.68. The Balaban J connectivity index is 3.72. The predicted octanol–water partition coefficient (Wildman–Crippen LogP) is 2.20. The molecule has 0 aromatic rings. The van der Waals surface area contributed by atoms with E-state index in [4.69, 9.17) is 9.84 Å². The van der Waals surface area contributed by atoms with Crippen LogP contribution in [0.1, 0.15) is 52.4 Å². The first-order valence-corrected chi connectivity index (χ1v) is 7.16.